The van der Waals surface area contributed by atoms with Gasteiger partial charge in [0.25, 0.3) is 0 Å². The van der Waals surface area contributed by atoms with E-state index in [0.717, 1.165) is 6.42 Å². The zero-order chi connectivity index (χ0) is 10.8. The van der Waals surface area contributed by atoms with Crippen LogP contribution in [-0.4, -0.2) is 11.4 Å². The van der Waals surface area contributed by atoms with Crippen LogP contribution in [0.1, 0.15) is 58.8 Å². The molecule has 0 unspecified atom stereocenters. The molecule has 0 N–H and O–H groups in total. The van der Waals surface area contributed by atoms with Crippen molar-refractivity contribution in [3.63, 3.8) is 0 Å². The lowest BCUT2D eigenvalue weighted by atomic mass is 10.0. The fourth-order valence-corrected chi connectivity index (χ4v) is 2.07. The molecule has 2 heteroatoms. The maximum absolute atomic E-state index is 11.2. The topological polar surface area (TPSA) is 17.1 Å². The molecule has 0 fully saturated rings. The van der Waals surface area contributed by atoms with Crippen molar-refractivity contribution >= 4 is 16.9 Å². The molecule has 0 saturated heterocycles. The van der Waals surface area contributed by atoms with E-state index in [9.17, 15) is 4.79 Å². The fraction of sp³-hybridized carbons (Fsp3) is 0.917. The molecule has 0 saturated carbocycles. The molecule has 0 rings (SSSR count). The van der Waals surface area contributed by atoms with Crippen LogP contribution >= 0.6 is 11.8 Å². The Hall–Kier alpha value is 0.0200. The number of unbranched alkanes of at least 4 members (excludes halogenated alkanes) is 5. The Morgan fingerprint density at radius 1 is 1.14 bits per heavy atom. The van der Waals surface area contributed by atoms with Gasteiger partial charge in [0.1, 0.15) is 0 Å². The molecule has 0 bridgehead atoms. The van der Waals surface area contributed by atoms with Gasteiger partial charge >= 0.3 is 0 Å². The van der Waals surface area contributed by atoms with E-state index in [-0.39, 0.29) is 5.92 Å². The van der Waals surface area contributed by atoms with E-state index in [4.69, 9.17) is 0 Å². The third-order valence-corrected chi connectivity index (χ3v) is 3.40. The lowest BCUT2D eigenvalue weighted by molar-refractivity contribution is -0.114. The molecule has 0 heterocycles. The molecule has 0 aliphatic heterocycles. The number of hydrogen-bond donors (Lipinski definition) is 0. The van der Waals surface area contributed by atoms with Crippen LogP contribution in [0.15, 0.2) is 0 Å². The zero-order valence-corrected chi connectivity index (χ0v) is 10.7. The zero-order valence-electron chi connectivity index (χ0n) is 9.84. The highest BCUT2D eigenvalue weighted by Crippen LogP contribution is 2.16. The van der Waals surface area contributed by atoms with Gasteiger partial charge in [-0.15, -0.1) is 0 Å². The second-order valence-corrected chi connectivity index (χ2v) is 4.79. The molecule has 14 heavy (non-hydrogen) atoms. The molecule has 0 aromatic rings. The van der Waals surface area contributed by atoms with E-state index in [1.54, 1.807) is 0 Å². The van der Waals surface area contributed by atoms with Crippen molar-refractivity contribution in [1.82, 2.24) is 0 Å². The number of rotatable bonds is 8. The van der Waals surface area contributed by atoms with Crippen LogP contribution in [0.3, 0.4) is 0 Å². The van der Waals surface area contributed by atoms with Crippen LogP contribution in [0.25, 0.3) is 0 Å². The van der Waals surface area contributed by atoms with Gasteiger partial charge in [0, 0.05) is 5.92 Å². The van der Waals surface area contributed by atoms with Crippen molar-refractivity contribution in [3.05, 3.63) is 0 Å². The smallest absolute Gasteiger partial charge is 0.191 e. The fourth-order valence-electron chi connectivity index (χ4n) is 1.55. The monoisotopic (exact) mass is 216 g/mol. The van der Waals surface area contributed by atoms with E-state index in [0.29, 0.717) is 5.12 Å². The first-order valence-electron chi connectivity index (χ1n) is 5.80. The predicted molar refractivity (Wildman–Crippen MR) is 65.7 cm³/mol. The molecule has 84 valence electrons. The Morgan fingerprint density at radius 3 is 2.29 bits per heavy atom. The summed E-state index contributed by atoms with van der Waals surface area (Å²) in [4.78, 5) is 11.2. The molecule has 0 aliphatic carbocycles. The second kappa shape index (κ2) is 9.57. The third kappa shape index (κ3) is 7.43. The molecule has 1 nitrogen and oxygen atoms in total. The summed E-state index contributed by atoms with van der Waals surface area (Å²) in [6.45, 7) is 4.28. The molecule has 0 aromatic carbocycles. The van der Waals surface area contributed by atoms with Gasteiger partial charge in [-0.3, -0.25) is 4.79 Å². The quantitative estimate of drug-likeness (QED) is 0.564. The molecule has 0 radical (unpaired) electrons. The summed E-state index contributed by atoms with van der Waals surface area (Å²) >= 11 is 1.37. The highest BCUT2D eigenvalue weighted by Gasteiger charge is 2.10. The van der Waals surface area contributed by atoms with Crippen LogP contribution in [0, 0.1) is 5.92 Å². The minimum Gasteiger partial charge on any atom is -0.287 e. The van der Waals surface area contributed by atoms with E-state index >= 15 is 0 Å². The number of carbonyl (C=O) groups excluding carboxylic acids is 1. The van der Waals surface area contributed by atoms with Gasteiger partial charge in [0.2, 0.25) is 0 Å². The van der Waals surface area contributed by atoms with Crippen molar-refractivity contribution in [3.8, 4) is 0 Å². The molecule has 0 spiro atoms. The van der Waals surface area contributed by atoms with Crippen molar-refractivity contribution in [1.29, 1.82) is 0 Å². The van der Waals surface area contributed by atoms with Crippen LogP contribution in [0.4, 0.5) is 0 Å². The normalized spacial score (nSPS) is 12.8. The Kier molecular flexibility index (Phi) is 9.58. The number of carbonyl (C=O) groups is 1. The SMILES string of the molecule is CCCCCCCC[C@@H](C)C(=O)SC. The van der Waals surface area contributed by atoms with Crippen molar-refractivity contribution in [2.24, 2.45) is 5.92 Å². The molecule has 0 aromatic heterocycles. The first kappa shape index (κ1) is 14.0. The predicted octanol–water partition coefficient (Wildman–Crippen LogP) is 4.26. The molecular weight excluding hydrogens is 192 g/mol. The molecule has 0 amide bonds. The summed E-state index contributed by atoms with van der Waals surface area (Å²) in [5.74, 6) is 0.260. The first-order chi connectivity index (χ1) is 6.72. The Labute approximate surface area is 93.0 Å². The Balaban J connectivity index is 3.23. The van der Waals surface area contributed by atoms with Crippen molar-refractivity contribution in [2.45, 2.75) is 58.8 Å². The van der Waals surface area contributed by atoms with Gasteiger partial charge in [0.05, 0.1) is 0 Å². The van der Waals surface area contributed by atoms with Gasteiger partial charge in [0.15, 0.2) is 5.12 Å². The summed E-state index contributed by atoms with van der Waals surface area (Å²) in [6.07, 6.45) is 10.8. The summed E-state index contributed by atoms with van der Waals surface area (Å²) < 4.78 is 0. The van der Waals surface area contributed by atoms with Crippen LogP contribution in [-0.2, 0) is 4.79 Å². The van der Waals surface area contributed by atoms with Crippen molar-refractivity contribution < 1.29 is 4.79 Å². The number of thioether (sulfide) groups is 1. The van der Waals surface area contributed by atoms with E-state index in [2.05, 4.69) is 6.92 Å². The van der Waals surface area contributed by atoms with Crippen molar-refractivity contribution in [2.75, 3.05) is 6.26 Å². The number of hydrogen-bond acceptors (Lipinski definition) is 2. The maximum Gasteiger partial charge on any atom is 0.191 e. The summed E-state index contributed by atoms with van der Waals surface area (Å²) in [5.41, 5.74) is 0. The average molecular weight is 216 g/mol. The minimum atomic E-state index is 0.260. The lowest BCUT2D eigenvalue weighted by Crippen LogP contribution is -2.05. The molecular formula is C12H24OS. The van der Waals surface area contributed by atoms with E-state index < -0.39 is 0 Å². The van der Waals surface area contributed by atoms with Gasteiger partial charge < -0.3 is 0 Å². The highest BCUT2D eigenvalue weighted by molar-refractivity contribution is 8.13. The van der Waals surface area contributed by atoms with E-state index in [1.165, 1.54) is 50.3 Å². The molecule has 0 aliphatic rings. The average Bonchev–Trinajstić information content (AvgIpc) is 2.21. The van der Waals surface area contributed by atoms with Crippen LogP contribution in [0.5, 0.6) is 0 Å². The van der Waals surface area contributed by atoms with Gasteiger partial charge in [-0.05, 0) is 12.7 Å². The largest absolute Gasteiger partial charge is 0.287 e. The van der Waals surface area contributed by atoms with E-state index in [1.807, 2.05) is 13.2 Å². The summed E-state index contributed by atoms with van der Waals surface area (Å²) in [7, 11) is 0. The van der Waals surface area contributed by atoms with Gasteiger partial charge in [-0.1, -0.05) is 64.1 Å². The lowest BCUT2D eigenvalue weighted by Gasteiger charge is -2.07. The Bertz CT molecular complexity index is 145. The minimum absolute atomic E-state index is 0.260. The maximum atomic E-state index is 11.2. The Morgan fingerprint density at radius 2 is 1.71 bits per heavy atom. The first-order valence-corrected chi connectivity index (χ1v) is 7.02. The third-order valence-electron chi connectivity index (χ3n) is 2.59. The van der Waals surface area contributed by atoms with Crippen LogP contribution < -0.4 is 0 Å². The van der Waals surface area contributed by atoms with Crippen LogP contribution in [0.2, 0.25) is 0 Å². The molecule has 1 atom stereocenters. The summed E-state index contributed by atoms with van der Waals surface area (Å²) in [5, 5.41) is 0.346. The second-order valence-electron chi connectivity index (χ2n) is 3.98. The van der Waals surface area contributed by atoms with Gasteiger partial charge in [-0.2, -0.15) is 0 Å². The summed E-state index contributed by atoms with van der Waals surface area (Å²) in [6, 6.07) is 0. The highest BCUT2D eigenvalue weighted by atomic mass is 32.2. The standard InChI is InChI=1S/C12H24OS/c1-4-5-6-7-8-9-10-11(2)12(13)14-3/h11H,4-10H2,1-3H3/t11-/m1/s1. The van der Waals surface area contributed by atoms with Gasteiger partial charge in [-0.25, -0.2) is 0 Å².